The van der Waals surface area contributed by atoms with Crippen molar-refractivity contribution in [1.29, 1.82) is 0 Å². The molecule has 1 amide bonds. The fraction of sp³-hybridized carbons (Fsp3) is 0.400. The molecule has 0 radical (unpaired) electrons. The number of rotatable bonds is 4. The minimum atomic E-state index is 0.0140. The molecule has 0 atom stereocenters. The topological polar surface area (TPSA) is 80.2 Å². The Hall–Kier alpha value is -2.42. The van der Waals surface area contributed by atoms with Gasteiger partial charge in [0.25, 0.3) is 0 Å². The molecule has 0 spiro atoms. The van der Waals surface area contributed by atoms with Crippen LogP contribution in [0.15, 0.2) is 36.1 Å². The summed E-state index contributed by atoms with van der Waals surface area (Å²) in [7, 11) is 0. The normalized spacial score (nSPS) is 18.9. The van der Waals surface area contributed by atoms with Crippen LogP contribution in [0.3, 0.4) is 0 Å². The molecule has 2 aromatic heterocycles. The molecule has 1 N–H and O–H groups in total. The molecule has 144 valence electrons. The summed E-state index contributed by atoms with van der Waals surface area (Å²) in [5.74, 6) is 0.399. The largest absolute Gasteiger partial charge is 0.378 e. The van der Waals surface area contributed by atoms with E-state index in [0.29, 0.717) is 12.0 Å². The standard InChI is InChI=1S/C20H21N5O2S/c26-19(13-3-5-25(6-4-13)16-10-27-11-16)24-20-22-8-15-2-1-14(7-17(15)23-20)18-9-21-12-28-18/h1-2,7-9,12-13,16H,3-6,10-11H2,(H,22,23,24,26). The van der Waals surface area contributed by atoms with E-state index in [9.17, 15) is 4.79 Å². The minimum Gasteiger partial charge on any atom is -0.378 e. The lowest BCUT2D eigenvalue weighted by atomic mass is 9.94. The van der Waals surface area contributed by atoms with Crippen LogP contribution in [0.25, 0.3) is 21.3 Å². The van der Waals surface area contributed by atoms with Crippen LogP contribution in [0, 0.1) is 5.92 Å². The molecule has 4 heterocycles. The van der Waals surface area contributed by atoms with Crippen LogP contribution < -0.4 is 5.32 Å². The Kier molecular flexibility index (Phi) is 4.76. The fourth-order valence-corrected chi connectivity index (χ4v) is 4.39. The van der Waals surface area contributed by atoms with Gasteiger partial charge in [0.15, 0.2) is 0 Å². The van der Waals surface area contributed by atoms with Gasteiger partial charge in [-0.1, -0.05) is 12.1 Å². The number of aromatic nitrogens is 3. The number of hydrogen-bond acceptors (Lipinski definition) is 7. The van der Waals surface area contributed by atoms with Gasteiger partial charge >= 0.3 is 0 Å². The number of nitrogens with one attached hydrogen (secondary N) is 1. The average molecular weight is 395 g/mol. The molecule has 2 saturated heterocycles. The quantitative estimate of drug-likeness (QED) is 0.732. The van der Waals surface area contributed by atoms with E-state index in [2.05, 4.69) is 25.2 Å². The molecule has 0 saturated carbocycles. The molecular weight excluding hydrogens is 374 g/mol. The maximum absolute atomic E-state index is 12.7. The van der Waals surface area contributed by atoms with Crippen molar-refractivity contribution in [2.45, 2.75) is 18.9 Å². The van der Waals surface area contributed by atoms with Crippen molar-refractivity contribution in [3.63, 3.8) is 0 Å². The summed E-state index contributed by atoms with van der Waals surface area (Å²) in [5, 5.41) is 3.86. The van der Waals surface area contributed by atoms with Crippen molar-refractivity contribution in [3.05, 3.63) is 36.1 Å². The maximum Gasteiger partial charge on any atom is 0.229 e. The van der Waals surface area contributed by atoms with Gasteiger partial charge in [0.1, 0.15) is 0 Å². The Labute approximate surface area is 166 Å². The number of ether oxygens (including phenoxy) is 1. The van der Waals surface area contributed by atoms with Gasteiger partial charge in [0.2, 0.25) is 11.9 Å². The highest BCUT2D eigenvalue weighted by molar-refractivity contribution is 7.13. The number of fused-ring (bicyclic) bond motifs is 1. The number of anilines is 1. The van der Waals surface area contributed by atoms with Crippen LogP contribution in [0.4, 0.5) is 5.95 Å². The van der Waals surface area contributed by atoms with Crippen molar-refractivity contribution >= 4 is 34.1 Å². The van der Waals surface area contributed by atoms with Gasteiger partial charge in [-0.15, -0.1) is 11.3 Å². The number of hydrogen-bond donors (Lipinski definition) is 1. The number of carbonyl (C=O) groups excluding carboxylic acids is 1. The van der Waals surface area contributed by atoms with Crippen LogP contribution >= 0.6 is 11.3 Å². The molecular formula is C20H21N5O2S. The predicted molar refractivity (Wildman–Crippen MR) is 108 cm³/mol. The summed E-state index contributed by atoms with van der Waals surface area (Å²) >= 11 is 1.59. The van der Waals surface area contributed by atoms with E-state index in [1.54, 1.807) is 17.5 Å². The summed E-state index contributed by atoms with van der Waals surface area (Å²) < 4.78 is 5.27. The Morgan fingerprint density at radius 1 is 1.21 bits per heavy atom. The van der Waals surface area contributed by atoms with E-state index in [1.807, 2.05) is 29.9 Å². The Balaban J connectivity index is 1.27. The second-order valence-corrected chi connectivity index (χ2v) is 8.21. The highest BCUT2D eigenvalue weighted by Crippen LogP contribution is 2.27. The molecule has 0 bridgehead atoms. The van der Waals surface area contributed by atoms with Gasteiger partial charge in [-0.2, -0.15) is 0 Å². The number of benzene rings is 1. The monoisotopic (exact) mass is 395 g/mol. The van der Waals surface area contributed by atoms with Crippen LogP contribution in [0.2, 0.25) is 0 Å². The molecule has 28 heavy (non-hydrogen) atoms. The van der Waals surface area contributed by atoms with Gasteiger partial charge < -0.3 is 4.74 Å². The first-order chi connectivity index (χ1) is 13.8. The fourth-order valence-electron chi connectivity index (χ4n) is 3.77. The van der Waals surface area contributed by atoms with Gasteiger partial charge in [-0.3, -0.25) is 20.0 Å². The average Bonchev–Trinajstić information content (AvgIpc) is 3.21. The zero-order valence-electron chi connectivity index (χ0n) is 15.4. The van der Waals surface area contributed by atoms with E-state index in [4.69, 9.17) is 4.74 Å². The summed E-state index contributed by atoms with van der Waals surface area (Å²) in [6.45, 7) is 3.54. The number of piperidine rings is 1. The molecule has 8 heteroatoms. The van der Waals surface area contributed by atoms with Crippen molar-refractivity contribution in [2.24, 2.45) is 5.92 Å². The van der Waals surface area contributed by atoms with E-state index in [1.165, 1.54) is 0 Å². The molecule has 3 aromatic rings. The second kappa shape index (κ2) is 7.54. The van der Waals surface area contributed by atoms with Gasteiger partial charge in [-0.05, 0) is 37.6 Å². The van der Waals surface area contributed by atoms with Gasteiger partial charge in [0.05, 0.1) is 35.2 Å². The summed E-state index contributed by atoms with van der Waals surface area (Å²) in [5.41, 5.74) is 3.70. The van der Waals surface area contributed by atoms with Crippen LogP contribution in [-0.4, -0.2) is 58.1 Å². The number of amides is 1. The van der Waals surface area contributed by atoms with Crippen molar-refractivity contribution in [1.82, 2.24) is 19.9 Å². The third kappa shape index (κ3) is 3.50. The zero-order chi connectivity index (χ0) is 18.9. The Morgan fingerprint density at radius 3 is 2.79 bits per heavy atom. The second-order valence-electron chi connectivity index (χ2n) is 7.32. The Bertz CT molecular complexity index is 981. The molecule has 7 nitrogen and oxygen atoms in total. The summed E-state index contributed by atoms with van der Waals surface area (Å²) in [4.78, 5) is 29.2. The smallest absolute Gasteiger partial charge is 0.229 e. The minimum absolute atomic E-state index is 0.0140. The van der Waals surface area contributed by atoms with E-state index in [-0.39, 0.29) is 11.8 Å². The molecule has 2 aliphatic rings. The van der Waals surface area contributed by atoms with E-state index in [0.717, 1.165) is 60.5 Å². The van der Waals surface area contributed by atoms with E-state index >= 15 is 0 Å². The lowest BCUT2D eigenvalue weighted by Crippen LogP contribution is -2.52. The highest BCUT2D eigenvalue weighted by Gasteiger charge is 2.32. The summed E-state index contributed by atoms with van der Waals surface area (Å²) in [6, 6.07) is 6.59. The third-order valence-corrected chi connectivity index (χ3v) is 6.39. The molecule has 0 aliphatic carbocycles. The van der Waals surface area contributed by atoms with Crippen LogP contribution in [0.1, 0.15) is 12.8 Å². The maximum atomic E-state index is 12.7. The highest BCUT2D eigenvalue weighted by atomic mass is 32.1. The summed E-state index contributed by atoms with van der Waals surface area (Å²) in [6.07, 6.45) is 5.34. The molecule has 2 fully saturated rings. The van der Waals surface area contributed by atoms with E-state index < -0.39 is 0 Å². The lowest BCUT2D eigenvalue weighted by Gasteiger charge is -2.41. The number of carbonyl (C=O) groups is 1. The van der Waals surface area contributed by atoms with Gasteiger partial charge in [0, 0.05) is 23.7 Å². The predicted octanol–water partition coefficient (Wildman–Crippen LogP) is 2.80. The number of nitrogens with zero attached hydrogens (tertiary/aromatic N) is 4. The third-order valence-electron chi connectivity index (χ3n) is 5.57. The van der Waals surface area contributed by atoms with Crippen molar-refractivity contribution < 1.29 is 9.53 Å². The van der Waals surface area contributed by atoms with Gasteiger partial charge in [-0.25, -0.2) is 9.97 Å². The van der Waals surface area contributed by atoms with Crippen LogP contribution in [-0.2, 0) is 9.53 Å². The number of likely N-dealkylation sites (tertiary alicyclic amines) is 1. The first kappa shape index (κ1) is 17.7. The first-order valence-electron chi connectivity index (χ1n) is 9.54. The molecule has 2 aliphatic heterocycles. The number of thiazole rings is 1. The van der Waals surface area contributed by atoms with Crippen molar-refractivity contribution in [2.75, 3.05) is 31.6 Å². The zero-order valence-corrected chi connectivity index (χ0v) is 16.2. The molecule has 0 unspecified atom stereocenters. The first-order valence-corrected chi connectivity index (χ1v) is 10.4. The molecule has 1 aromatic carbocycles. The SMILES string of the molecule is O=C(Nc1ncc2ccc(-c3cncs3)cc2n1)C1CCN(C2COC2)CC1. The lowest BCUT2D eigenvalue weighted by molar-refractivity contribution is -0.123. The van der Waals surface area contributed by atoms with Crippen molar-refractivity contribution in [3.8, 4) is 10.4 Å². The Morgan fingerprint density at radius 2 is 2.07 bits per heavy atom. The van der Waals surface area contributed by atoms with Crippen LogP contribution in [0.5, 0.6) is 0 Å². The molecule has 5 rings (SSSR count).